The lowest BCUT2D eigenvalue weighted by atomic mass is 9.92. The molecule has 116 valence electrons. The van der Waals surface area contributed by atoms with Crippen molar-refractivity contribution in [3.63, 3.8) is 0 Å². The van der Waals surface area contributed by atoms with E-state index in [0.29, 0.717) is 12.8 Å². The molecule has 0 heterocycles. The molecule has 0 bridgehead atoms. The number of hydrogen-bond donors (Lipinski definition) is 3. The molecule has 20 heavy (non-hydrogen) atoms. The second-order valence-electron chi connectivity index (χ2n) is 6.00. The van der Waals surface area contributed by atoms with Gasteiger partial charge < -0.3 is 20.4 Å². The maximum atomic E-state index is 12.1. The van der Waals surface area contributed by atoms with Gasteiger partial charge in [-0.25, -0.2) is 9.59 Å². The predicted molar refractivity (Wildman–Crippen MR) is 75.4 cm³/mol. The van der Waals surface area contributed by atoms with Crippen molar-refractivity contribution >= 4 is 12.0 Å². The Balaban J connectivity index is 2.60. The van der Waals surface area contributed by atoms with Crippen LogP contribution in [0, 0.1) is 5.92 Å². The zero-order valence-corrected chi connectivity index (χ0v) is 12.5. The Morgan fingerprint density at radius 2 is 1.90 bits per heavy atom. The number of nitrogens with one attached hydrogen (secondary N) is 1. The van der Waals surface area contributed by atoms with E-state index in [-0.39, 0.29) is 12.0 Å². The molecule has 0 aromatic rings. The largest absolute Gasteiger partial charge is 0.480 e. The molecule has 0 aromatic heterocycles. The van der Waals surface area contributed by atoms with Gasteiger partial charge in [0, 0.05) is 7.05 Å². The summed E-state index contributed by atoms with van der Waals surface area (Å²) in [6, 6.07) is -1.54. The molecule has 0 spiro atoms. The van der Waals surface area contributed by atoms with E-state index >= 15 is 0 Å². The van der Waals surface area contributed by atoms with E-state index in [1.165, 1.54) is 4.90 Å². The van der Waals surface area contributed by atoms with Crippen molar-refractivity contribution in [1.29, 1.82) is 0 Å². The molecular weight excluding hydrogens is 260 g/mol. The molecule has 2 amide bonds. The average molecular weight is 286 g/mol. The van der Waals surface area contributed by atoms with Gasteiger partial charge in [-0.3, -0.25) is 0 Å². The maximum absolute atomic E-state index is 12.1. The smallest absolute Gasteiger partial charge is 0.326 e. The van der Waals surface area contributed by atoms with Crippen molar-refractivity contribution in [2.75, 3.05) is 7.05 Å². The van der Waals surface area contributed by atoms with Crippen molar-refractivity contribution in [3.8, 4) is 0 Å². The molecule has 1 saturated carbocycles. The van der Waals surface area contributed by atoms with E-state index in [9.17, 15) is 14.7 Å². The van der Waals surface area contributed by atoms with E-state index < -0.39 is 24.1 Å². The molecule has 1 rings (SSSR count). The summed E-state index contributed by atoms with van der Waals surface area (Å²) in [6.07, 6.45) is 3.27. The molecule has 1 aliphatic rings. The monoisotopic (exact) mass is 286 g/mol. The van der Waals surface area contributed by atoms with Gasteiger partial charge in [-0.1, -0.05) is 26.7 Å². The molecule has 0 radical (unpaired) electrons. The van der Waals surface area contributed by atoms with Gasteiger partial charge in [-0.15, -0.1) is 0 Å². The SMILES string of the molecule is CC(C)CC(NC(=O)N(C)C1CCCCC1O)C(=O)O. The summed E-state index contributed by atoms with van der Waals surface area (Å²) in [6.45, 7) is 3.83. The van der Waals surface area contributed by atoms with Gasteiger partial charge in [0.1, 0.15) is 6.04 Å². The maximum Gasteiger partial charge on any atom is 0.326 e. The van der Waals surface area contributed by atoms with Gasteiger partial charge in [0.05, 0.1) is 12.1 Å². The Hall–Kier alpha value is -1.30. The van der Waals surface area contributed by atoms with Gasteiger partial charge >= 0.3 is 12.0 Å². The molecule has 3 atom stereocenters. The minimum atomic E-state index is -1.02. The molecule has 0 saturated heterocycles. The number of carbonyl (C=O) groups excluding carboxylic acids is 1. The van der Waals surface area contributed by atoms with Crippen LogP contribution < -0.4 is 5.32 Å². The lowest BCUT2D eigenvalue weighted by molar-refractivity contribution is -0.139. The highest BCUT2D eigenvalue weighted by Crippen LogP contribution is 2.22. The highest BCUT2D eigenvalue weighted by molar-refractivity contribution is 5.82. The number of carbonyl (C=O) groups is 2. The quantitative estimate of drug-likeness (QED) is 0.713. The normalized spacial score (nSPS) is 24.2. The van der Waals surface area contributed by atoms with Gasteiger partial charge in [0.25, 0.3) is 0 Å². The zero-order chi connectivity index (χ0) is 15.3. The second-order valence-corrected chi connectivity index (χ2v) is 6.00. The van der Waals surface area contributed by atoms with Gasteiger partial charge in [0.15, 0.2) is 0 Å². The number of likely N-dealkylation sites (N-methyl/N-ethyl adjacent to an activating group) is 1. The summed E-state index contributed by atoms with van der Waals surface area (Å²) in [5.41, 5.74) is 0. The molecular formula is C14H26N2O4. The minimum Gasteiger partial charge on any atom is -0.480 e. The van der Waals surface area contributed by atoms with E-state index in [1.54, 1.807) is 7.05 Å². The van der Waals surface area contributed by atoms with Crippen molar-refractivity contribution < 1.29 is 19.8 Å². The highest BCUT2D eigenvalue weighted by atomic mass is 16.4. The molecule has 0 aromatic carbocycles. The topological polar surface area (TPSA) is 89.9 Å². The Morgan fingerprint density at radius 1 is 1.30 bits per heavy atom. The molecule has 6 nitrogen and oxygen atoms in total. The highest BCUT2D eigenvalue weighted by Gasteiger charge is 2.31. The third kappa shape index (κ3) is 4.67. The van der Waals surface area contributed by atoms with Gasteiger partial charge in [0.2, 0.25) is 0 Å². The van der Waals surface area contributed by atoms with Gasteiger partial charge in [-0.2, -0.15) is 0 Å². The molecule has 3 N–H and O–H groups in total. The number of aliphatic hydroxyl groups excluding tert-OH is 1. The van der Waals surface area contributed by atoms with Crippen molar-refractivity contribution in [1.82, 2.24) is 10.2 Å². The number of rotatable bonds is 5. The summed E-state index contributed by atoms with van der Waals surface area (Å²) >= 11 is 0. The number of aliphatic hydroxyl groups is 1. The second kappa shape index (κ2) is 7.47. The fourth-order valence-electron chi connectivity index (χ4n) is 2.64. The van der Waals surface area contributed by atoms with Crippen LogP contribution in [0.3, 0.4) is 0 Å². The Kier molecular flexibility index (Phi) is 6.26. The van der Waals surface area contributed by atoms with Crippen LogP contribution in [0.4, 0.5) is 4.79 Å². The summed E-state index contributed by atoms with van der Waals surface area (Å²) in [5.74, 6) is -0.841. The first-order chi connectivity index (χ1) is 9.32. The lowest BCUT2D eigenvalue weighted by Crippen LogP contribution is -2.53. The minimum absolute atomic E-state index is 0.182. The van der Waals surface area contributed by atoms with Crippen LogP contribution in [0.5, 0.6) is 0 Å². The van der Waals surface area contributed by atoms with E-state index in [2.05, 4.69) is 5.32 Å². The Labute approximate surface area is 120 Å². The van der Waals surface area contributed by atoms with Crippen LogP contribution in [0.15, 0.2) is 0 Å². The summed E-state index contributed by atoms with van der Waals surface area (Å²) in [5, 5.41) is 21.6. The lowest BCUT2D eigenvalue weighted by Gasteiger charge is -2.35. The van der Waals surface area contributed by atoms with Crippen LogP contribution >= 0.6 is 0 Å². The number of carboxylic acid groups (broad SMARTS) is 1. The van der Waals surface area contributed by atoms with Crippen LogP contribution in [-0.2, 0) is 4.79 Å². The van der Waals surface area contributed by atoms with Crippen molar-refractivity contribution in [3.05, 3.63) is 0 Å². The van der Waals surface area contributed by atoms with Crippen molar-refractivity contribution in [2.24, 2.45) is 5.92 Å². The standard InChI is InChI=1S/C14H26N2O4/c1-9(2)8-10(13(18)19)15-14(20)16(3)11-6-4-5-7-12(11)17/h9-12,17H,4-8H2,1-3H3,(H,15,20)(H,18,19). The third-order valence-electron chi connectivity index (χ3n) is 3.81. The number of hydrogen-bond acceptors (Lipinski definition) is 3. The van der Waals surface area contributed by atoms with Crippen LogP contribution in [0.1, 0.15) is 46.0 Å². The molecule has 3 unspecified atom stereocenters. The Morgan fingerprint density at radius 3 is 2.40 bits per heavy atom. The van der Waals surface area contributed by atoms with Gasteiger partial charge in [-0.05, 0) is 25.2 Å². The van der Waals surface area contributed by atoms with Crippen LogP contribution in [-0.4, -0.2) is 52.3 Å². The average Bonchev–Trinajstić information content (AvgIpc) is 2.37. The van der Waals surface area contributed by atoms with Crippen LogP contribution in [0.25, 0.3) is 0 Å². The molecule has 0 aliphatic heterocycles. The van der Waals surface area contributed by atoms with Crippen LogP contribution in [0.2, 0.25) is 0 Å². The Bertz CT molecular complexity index is 346. The number of nitrogens with zero attached hydrogens (tertiary/aromatic N) is 1. The fourth-order valence-corrected chi connectivity index (χ4v) is 2.64. The summed E-state index contributed by atoms with van der Waals surface area (Å²) < 4.78 is 0. The number of amides is 2. The summed E-state index contributed by atoms with van der Waals surface area (Å²) in [4.78, 5) is 24.7. The van der Waals surface area contributed by atoms with E-state index in [1.807, 2.05) is 13.8 Å². The van der Waals surface area contributed by atoms with E-state index in [0.717, 1.165) is 19.3 Å². The number of urea groups is 1. The first-order valence-electron chi connectivity index (χ1n) is 7.27. The molecule has 1 fully saturated rings. The third-order valence-corrected chi connectivity index (χ3v) is 3.81. The van der Waals surface area contributed by atoms with Crippen molar-refractivity contribution in [2.45, 2.75) is 64.1 Å². The fraction of sp³-hybridized carbons (Fsp3) is 0.857. The first-order valence-corrected chi connectivity index (χ1v) is 7.27. The number of aliphatic carboxylic acids is 1. The zero-order valence-electron chi connectivity index (χ0n) is 12.5. The van der Waals surface area contributed by atoms with E-state index in [4.69, 9.17) is 5.11 Å². The first kappa shape index (κ1) is 16.8. The molecule has 6 heteroatoms. The number of carboxylic acids is 1. The predicted octanol–water partition coefficient (Wildman–Crippen LogP) is 1.43. The molecule has 1 aliphatic carbocycles. The summed E-state index contributed by atoms with van der Waals surface area (Å²) in [7, 11) is 1.61.